The minimum atomic E-state index is -4.56. The number of alkyl halides is 4. The number of anilines is 1. The van der Waals surface area contributed by atoms with Crippen LogP contribution in [-0.4, -0.2) is 49.1 Å². The van der Waals surface area contributed by atoms with Gasteiger partial charge in [-0.25, -0.2) is 19.6 Å². The van der Waals surface area contributed by atoms with Crippen LogP contribution in [0.5, 0.6) is 5.75 Å². The number of hydrogen-bond donors (Lipinski definition) is 1. The molecule has 1 aliphatic heterocycles. The van der Waals surface area contributed by atoms with Crippen LogP contribution in [0, 0.1) is 5.92 Å². The van der Waals surface area contributed by atoms with Gasteiger partial charge in [0.2, 0.25) is 0 Å². The summed E-state index contributed by atoms with van der Waals surface area (Å²) in [5.74, 6) is -1.41. The number of carbonyl (C=O) groups is 2. The predicted octanol–water partition coefficient (Wildman–Crippen LogP) is 4.87. The fourth-order valence-corrected chi connectivity index (χ4v) is 5.66. The predicted molar refractivity (Wildman–Crippen MR) is 145 cm³/mol. The highest BCUT2D eigenvalue weighted by atomic mass is 35.5. The monoisotopic (exact) mass is 615 g/mol. The van der Waals surface area contributed by atoms with E-state index in [0.717, 1.165) is 22.4 Å². The summed E-state index contributed by atoms with van der Waals surface area (Å²) in [7, 11) is 0. The molecule has 2 amide bonds. The first-order chi connectivity index (χ1) is 20.5. The number of halogens is 5. The fraction of sp³-hybridized carbons (Fsp3) is 0.357. The lowest BCUT2D eigenvalue weighted by atomic mass is 9.93. The van der Waals surface area contributed by atoms with Gasteiger partial charge in [0.05, 0.1) is 34.7 Å². The van der Waals surface area contributed by atoms with Crippen molar-refractivity contribution in [1.29, 1.82) is 0 Å². The number of fused-ring (bicyclic) bond motifs is 2. The molecule has 3 aliphatic rings. The third-order valence-corrected chi connectivity index (χ3v) is 8.27. The third-order valence-electron chi connectivity index (χ3n) is 8.08. The second-order valence-corrected chi connectivity index (χ2v) is 11.4. The number of ether oxygens (including phenoxy) is 1. The highest BCUT2D eigenvalue weighted by Gasteiger charge is 2.66. The summed E-state index contributed by atoms with van der Waals surface area (Å²) >= 11 is 5.85. The molecule has 222 valence electrons. The first kappa shape index (κ1) is 27.5. The van der Waals surface area contributed by atoms with E-state index in [4.69, 9.17) is 22.1 Å². The summed E-state index contributed by atoms with van der Waals surface area (Å²) in [4.78, 5) is 39.5. The molecule has 0 radical (unpaired) electrons. The summed E-state index contributed by atoms with van der Waals surface area (Å²) in [6.07, 6.45) is -1.14. The Kier molecular flexibility index (Phi) is 6.13. The molecule has 0 bridgehead atoms. The van der Waals surface area contributed by atoms with Crippen LogP contribution in [-0.2, 0) is 23.3 Å². The maximum Gasteiger partial charge on any atom is 0.413 e. The second kappa shape index (κ2) is 9.59. The lowest BCUT2D eigenvalue weighted by Crippen LogP contribution is -2.43. The summed E-state index contributed by atoms with van der Waals surface area (Å²) < 4.78 is 63.5. The van der Waals surface area contributed by atoms with Crippen LogP contribution in [0.3, 0.4) is 0 Å². The molecule has 3 aromatic heterocycles. The van der Waals surface area contributed by atoms with E-state index in [1.54, 1.807) is 6.07 Å². The van der Waals surface area contributed by atoms with Gasteiger partial charge in [0, 0.05) is 23.3 Å². The van der Waals surface area contributed by atoms with Crippen LogP contribution in [0.4, 0.5) is 23.2 Å². The molecule has 0 saturated heterocycles. The SMILES string of the molecule is NC(=O)c1c(CC2CC2)nc2c(cnn2C2(C(F)(F)F)CC2)c1-c1ccc2c(c1)OC(F)C(=O)N2Cc1ncc(Cl)cn1. The Hall–Kier alpha value is -4.33. The fourth-order valence-electron chi connectivity index (χ4n) is 5.56. The molecule has 1 atom stereocenters. The average molecular weight is 616 g/mol. The van der Waals surface area contributed by atoms with Crippen LogP contribution < -0.4 is 15.4 Å². The number of nitrogens with two attached hydrogens (primary N) is 1. The van der Waals surface area contributed by atoms with Crippen molar-refractivity contribution >= 4 is 40.1 Å². The largest absolute Gasteiger partial charge is 0.450 e. The zero-order chi connectivity index (χ0) is 30.3. The van der Waals surface area contributed by atoms with Crippen LogP contribution in [0.2, 0.25) is 5.02 Å². The van der Waals surface area contributed by atoms with Gasteiger partial charge in [0.1, 0.15) is 11.6 Å². The van der Waals surface area contributed by atoms with Crippen molar-refractivity contribution in [2.75, 3.05) is 4.90 Å². The molecule has 7 rings (SSSR count). The summed E-state index contributed by atoms with van der Waals surface area (Å²) in [6.45, 7) is -0.185. The molecular formula is C28H22ClF4N7O3. The Bertz CT molecular complexity index is 1800. The maximum atomic E-state index is 14.9. The molecule has 15 heteroatoms. The van der Waals surface area contributed by atoms with Crippen LogP contribution in [0.25, 0.3) is 22.2 Å². The number of hydrogen-bond acceptors (Lipinski definition) is 7. The Balaban J connectivity index is 1.40. The van der Waals surface area contributed by atoms with E-state index in [9.17, 15) is 27.2 Å². The van der Waals surface area contributed by atoms with E-state index in [-0.39, 0.29) is 75.4 Å². The number of nitrogens with zero attached hydrogens (tertiary/aromatic N) is 6. The summed E-state index contributed by atoms with van der Waals surface area (Å²) in [5.41, 5.74) is 4.69. The molecule has 1 aromatic carbocycles. The molecule has 2 aliphatic carbocycles. The van der Waals surface area contributed by atoms with Gasteiger partial charge in [-0.15, -0.1) is 0 Å². The number of rotatable bonds is 7. The van der Waals surface area contributed by atoms with E-state index in [1.807, 2.05) is 0 Å². The number of pyridine rings is 1. The minimum absolute atomic E-state index is 0.0239. The van der Waals surface area contributed by atoms with Crippen molar-refractivity contribution in [1.82, 2.24) is 24.7 Å². The van der Waals surface area contributed by atoms with Gasteiger partial charge in [-0.3, -0.25) is 14.5 Å². The zero-order valence-electron chi connectivity index (χ0n) is 22.2. The van der Waals surface area contributed by atoms with Crippen molar-refractivity contribution in [2.24, 2.45) is 11.7 Å². The van der Waals surface area contributed by atoms with Crippen molar-refractivity contribution in [3.05, 3.63) is 58.9 Å². The molecule has 10 nitrogen and oxygen atoms in total. The van der Waals surface area contributed by atoms with E-state index < -0.39 is 29.9 Å². The molecule has 0 spiro atoms. The summed E-state index contributed by atoms with van der Waals surface area (Å²) in [6, 6.07) is 4.46. The van der Waals surface area contributed by atoms with Crippen molar-refractivity contribution in [2.45, 2.75) is 56.7 Å². The van der Waals surface area contributed by atoms with Gasteiger partial charge < -0.3 is 10.5 Å². The van der Waals surface area contributed by atoms with Crippen LogP contribution in [0.1, 0.15) is 47.6 Å². The van der Waals surface area contributed by atoms with E-state index in [0.29, 0.717) is 12.0 Å². The lowest BCUT2D eigenvalue weighted by molar-refractivity contribution is -0.181. The van der Waals surface area contributed by atoms with Gasteiger partial charge in [-0.1, -0.05) is 17.7 Å². The standard InChI is InChI=1S/C28H22ClF4N7O3/c29-15-9-35-20(36-10-15)12-39-18-4-3-14(8-19(18)43-23(30)26(39)42)21-16-11-37-40(27(5-6-27)28(31,32)33)25(16)38-17(7-13-1-2-13)22(21)24(34)41/h3-4,8-11,13,23H,1-2,5-7,12H2,(H2,34,41). The van der Waals surface area contributed by atoms with Gasteiger partial charge in [0.15, 0.2) is 11.2 Å². The van der Waals surface area contributed by atoms with Crippen molar-refractivity contribution in [3.63, 3.8) is 0 Å². The number of amides is 2. The first-order valence-corrected chi connectivity index (χ1v) is 13.9. The highest BCUT2D eigenvalue weighted by molar-refractivity contribution is 6.30. The van der Waals surface area contributed by atoms with Gasteiger partial charge in [-0.05, 0) is 55.7 Å². The molecule has 4 aromatic rings. The number of benzene rings is 1. The number of carbonyl (C=O) groups excluding carboxylic acids is 2. The van der Waals surface area contributed by atoms with Gasteiger partial charge in [-0.2, -0.15) is 22.7 Å². The summed E-state index contributed by atoms with van der Waals surface area (Å²) in [5, 5.41) is 4.57. The Labute approximate surface area is 245 Å². The quantitative estimate of drug-likeness (QED) is 0.294. The van der Waals surface area contributed by atoms with E-state index in [2.05, 4.69) is 20.1 Å². The average Bonchev–Trinajstić information content (AvgIpc) is 3.89. The van der Waals surface area contributed by atoms with Crippen LogP contribution in [0.15, 0.2) is 36.8 Å². The highest BCUT2D eigenvalue weighted by Crippen LogP contribution is 2.56. The Morgan fingerprint density at radius 3 is 2.51 bits per heavy atom. The Morgan fingerprint density at radius 1 is 1.16 bits per heavy atom. The Morgan fingerprint density at radius 2 is 1.88 bits per heavy atom. The zero-order valence-corrected chi connectivity index (χ0v) is 23.0. The lowest BCUT2D eigenvalue weighted by Gasteiger charge is -2.31. The number of aromatic nitrogens is 5. The molecule has 2 fully saturated rings. The molecular weight excluding hydrogens is 594 g/mol. The topological polar surface area (TPSA) is 129 Å². The maximum absolute atomic E-state index is 14.9. The molecule has 2 saturated carbocycles. The second-order valence-electron chi connectivity index (χ2n) is 11.0. The molecule has 4 heterocycles. The first-order valence-electron chi connectivity index (χ1n) is 13.5. The van der Waals surface area contributed by atoms with Crippen molar-refractivity contribution < 1.29 is 31.9 Å². The molecule has 43 heavy (non-hydrogen) atoms. The molecule has 2 N–H and O–H groups in total. The minimum Gasteiger partial charge on any atom is -0.450 e. The van der Waals surface area contributed by atoms with Gasteiger partial charge in [0.25, 0.3) is 5.91 Å². The number of primary amides is 1. The molecule has 1 unspecified atom stereocenters. The normalized spacial score (nSPS) is 19.3. The van der Waals surface area contributed by atoms with E-state index >= 15 is 0 Å². The third kappa shape index (κ3) is 4.55. The van der Waals surface area contributed by atoms with Gasteiger partial charge >= 0.3 is 18.4 Å². The smallest absolute Gasteiger partial charge is 0.413 e. The van der Waals surface area contributed by atoms with Crippen LogP contribution >= 0.6 is 11.6 Å². The van der Waals surface area contributed by atoms with E-state index in [1.165, 1.54) is 30.7 Å². The van der Waals surface area contributed by atoms with Crippen molar-refractivity contribution in [3.8, 4) is 16.9 Å².